The minimum absolute atomic E-state index is 0.322. The maximum atomic E-state index is 12.1. The summed E-state index contributed by atoms with van der Waals surface area (Å²) >= 11 is 0. The molecule has 146 valence electrons. The first-order valence-electron chi connectivity index (χ1n) is 9.92. The predicted octanol–water partition coefficient (Wildman–Crippen LogP) is 5.08. The molecule has 1 heterocycles. The van der Waals surface area contributed by atoms with Crippen molar-refractivity contribution < 1.29 is 8.42 Å². The van der Waals surface area contributed by atoms with Crippen LogP contribution in [0, 0.1) is 6.92 Å². The summed E-state index contributed by atoms with van der Waals surface area (Å²) in [4.78, 5) is 2.38. The highest BCUT2D eigenvalue weighted by atomic mass is 32.2. The number of benzene rings is 1. The van der Waals surface area contributed by atoms with Crippen LogP contribution in [0.15, 0.2) is 30.4 Å². The molecule has 0 saturated carbocycles. The molecule has 0 spiro atoms. The van der Waals surface area contributed by atoms with E-state index in [1.165, 1.54) is 29.7 Å². The summed E-state index contributed by atoms with van der Waals surface area (Å²) in [6.45, 7) is 9.61. The van der Waals surface area contributed by atoms with E-state index in [0.717, 1.165) is 38.8 Å². The quantitative estimate of drug-likeness (QED) is 0.445. The van der Waals surface area contributed by atoms with Gasteiger partial charge in [0, 0.05) is 18.8 Å². The molecule has 4 heteroatoms. The molecule has 0 aromatic heterocycles. The van der Waals surface area contributed by atoms with Crippen molar-refractivity contribution in [2.45, 2.75) is 71.0 Å². The Labute approximate surface area is 160 Å². The van der Waals surface area contributed by atoms with Crippen molar-refractivity contribution in [1.29, 1.82) is 0 Å². The molecule has 1 aromatic rings. The molecular weight excluding hydrogens is 342 g/mol. The van der Waals surface area contributed by atoms with Gasteiger partial charge in [0.25, 0.3) is 0 Å². The average molecular weight is 378 g/mol. The van der Waals surface area contributed by atoms with E-state index in [9.17, 15) is 8.42 Å². The molecule has 0 bridgehead atoms. The number of rotatable bonds is 9. The summed E-state index contributed by atoms with van der Waals surface area (Å²) in [5, 5.41) is 0. The van der Waals surface area contributed by atoms with Crippen LogP contribution < -0.4 is 4.90 Å². The van der Waals surface area contributed by atoms with Crippen LogP contribution in [-0.2, 0) is 16.3 Å². The van der Waals surface area contributed by atoms with Gasteiger partial charge in [-0.3, -0.25) is 0 Å². The van der Waals surface area contributed by atoms with Crippen LogP contribution in [0.25, 0.3) is 0 Å². The SMILES string of the molecule is Cc1cc(N2CC=CC2)ccc1CCCCCCCS(=O)(=O)C(C)(C)C. The molecule has 26 heavy (non-hydrogen) atoms. The average Bonchev–Trinajstić information content (AvgIpc) is 3.08. The van der Waals surface area contributed by atoms with Crippen LogP contribution in [-0.4, -0.2) is 32.0 Å². The second kappa shape index (κ2) is 9.07. The molecule has 2 rings (SSSR count). The number of hydrogen-bond donors (Lipinski definition) is 0. The van der Waals surface area contributed by atoms with E-state index in [1.807, 2.05) is 0 Å². The van der Waals surface area contributed by atoms with Crippen LogP contribution in [0.1, 0.15) is 64.0 Å². The Balaban J connectivity index is 1.66. The molecule has 0 unspecified atom stereocenters. The first-order chi connectivity index (χ1) is 12.2. The lowest BCUT2D eigenvalue weighted by molar-refractivity contribution is 0.552. The third-order valence-corrected chi connectivity index (χ3v) is 7.99. The normalized spacial score (nSPS) is 15.0. The van der Waals surface area contributed by atoms with Gasteiger partial charge >= 0.3 is 0 Å². The van der Waals surface area contributed by atoms with Gasteiger partial charge in [-0.25, -0.2) is 8.42 Å². The molecule has 1 aliphatic rings. The summed E-state index contributed by atoms with van der Waals surface area (Å²) in [5.41, 5.74) is 4.14. The Hall–Kier alpha value is -1.29. The van der Waals surface area contributed by atoms with Gasteiger partial charge in [-0.2, -0.15) is 0 Å². The standard InChI is InChI=1S/C22H35NO2S/c1-19-18-21(23-15-9-10-16-23)14-13-20(19)12-8-6-5-7-11-17-26(24,25)22(2,3)4/h9-10,13-14,18H,5-8,11-12,15-17H2,1-4H3. The summed E-state index contributed by atoms with van der Waals surface area (Å²) in [5.74, 6) is 0.322. The van der Waals surface area contributed by atoms with Gasteiger partial charge in [0.15, 0.2) is 9.84 Å². The topological polar surface area (TPSA) is 37.4 Å². The Morgan fingerprint density at radius 3 is 2.19 bits per heavy atom. The highest BCUT2D eigenvalue weighted by molar-refractivity contribution is 7.92. The highest BCUT2D eigenvalue weighted by Gasteiger charge is 2.27. The molecule has 1 aromatic carbocycles. The monoisotopic (exact) mass is 377 g/mol. The van der Waals surface area contributed by atoms with Gasteiger partial charge in [0.05, 0.1) is 10.5 Å². The summed E-state index contributed by atoms with van der Waals surface area (Å²) in [6, 6.07) is 6.82. The summed E-state index contributed by atoms with van der Waals surface area (Å²) in [7, 11) is -2.96. The van der Waals surface area contributed by atoms with E-state index in [0.29, 0.717) is 5.75 Å². The molecule has 0 aliphatic carbocycles. The van der Waals surface area contributed by atoms with Gasteiger partial charge < -0.3 is 4.90 Å². The van der Waals surface area contributed by atoms with E-state index >= 15 is 0 Å². The second-order valence-corrected chi connectivity index (χ2v) is 11.3. The van der Waals surface area contributed by atoms with Gasteiger partial charge in [0.1, 0.15) is 0 Å². The van der Waals surface area contributed by atoms with Crippen molar-refractivity contribution in [3.8, 4) is 0 Å². The van der Waals surface area contributed by atoms with Crippen molar-refractivity contribution in [1.82, 2.24) is 0 Å². The van der Waals surface area contributed by atoms with Crippen molar-refractivity contribution in [2.75, 3.05) is 23.7 Å². The minimum Gasteiger partial charge on any atom is -0.364 e. The zero-order chi connectivity index (χ0) is 19.2. The predicted molar refractivity (Wildman–Crippen MR) is 113 cm³/mol. The fourth-order valence-electron chi connectivity index (χ4n) is 3.29. The highest BCUT2D eigenvalue weighted by Crippen LogP contribution is 2.23. The molecule has 0 atom stereocenters. The Morgan fingerprint density at radius 2 is 1.58 bits per heavy atom. The number of unbranched alkanes of at least 4 members (excludes halogenated alkanes) is 4. The number of nitrogens with zero attached hydrogens (tertiary/aromatic N) is 1. The molecule has 1 aliphatic heterocycles. The first-order valence-corrected chi connectivity index (χ1v) is 11.6. The second-order valence-electron chi connectivity index (χ2n) is 8.44. The smallest absolute Gasteiger partial charge is 0.155 e. The van der Waals surface area contributed by atoms with Gasteiger partial charge in [0.2, 0.25) is 0 Å². The molecule has 0 radical (unpaired) electrons. The van der Waals surface area contributed by atoms with E-state index in [-0.39, 0.29) is 0 Å². The maximum Gasteiger partial charge on any atom is 0.155 e. The van der Waals surface area contributed by atoms with E-state index < -0.39 is 14.6 Å². The number of anilines is 1. The van der Waals surface area contributed by atoms with Crippen molar-refractivity contribution in [2.24, 2.45) is 0 Å². The molecule has 0 fully saturated rings. The lowest BCUT2D eigenvalue weighted by atomic mass is 10.0. The van der Waals surface area contributed by atoms with Crippen LogP contribution in [0.4, 0.5) is 5.69 Å². The lowest BCUT2D eigenvalue weighted by Gasteiger charge is -2.19. The Bertz CT molecular complexity index is 706. The number of sulfone groups is 1. The molecule has 3 nitrogen and oxygen atoms in total. The van der Waals surface area contributed by atoms with Crippen LogP contribution in [0.3, 0.4) is 0 Å². The van der Waals surface area contributed by atoms with E-state index in [1.54, 1.807) is 20.8 Å². The zero-order valence-corrected chi connectivity index (χ0v) is 17.7. The fraction of sp³-hybridized carbons (Fsp3) is 0.636. The molecule has 0 amide bonds. The zero-order valence-electron chi connectivity index (χ0n) is 16.9. The van der Waals surface area contributed by atoms with Gasteiger partial charge in [-0.05, 0) is 70.2 Å². The Morgan fingerprint density at radius 1 is 0.962 bits per heavy atom. The molecular formula is C22H35NO2S. The first kappa shape index (κ1) is 21.0. The maximum absolute atomic E-state index is 12.1. The summed E-state index contributed by atoms with van der Waals surface area (Å²) < 4.78 is 23.5. The van der Waals surface area contributed by atoms with Gasteiger partial charge in [-0.1, -0.05) is 37.5 Å². The van der Waals surface area contributed by atoms with E-state index in [2.05, 4.69) is 42.2 Å². The summed E-state index contributed by atoms with van der Waals surface area (Å²) in [6.07, 6.45) is 10.8. The third-order valence-electron chi connectivity index (χ3n) is 5.30. The van der Waals surface area contributed by atoms with Crippen molar-refractivity contribution in [3.63, 3.8) is 0 Å². The number of hydrogen-bond acceptors (Lipinski definition) is 3. The molecule has 0 saturated heterocycles. The number of aryl methyl sites for hydroxylation is 2. The van der Waals surface area contributed by atoms with Crippen molar-refractivity contribution in [3.05, 3.63) is 41.5 Å². The third kappa shape index (κ3) is 5.87. The lowest BCUT2D eigenvalue weighted by Crippen LogP contribution is -2.30. The largest absolute Gasteiger partial charge is 0.364 e. The van der Waals surface area contributed by atoms with Gasteiger partial charge in [-0.15, -0.1) is 0 Å². The van der Waals surface area contributed by atoms with E-state index in [4.69, 9.17) is 0 Å². The van der Waals surface area contributed by atoms with Crippen LogP contribution in [0.2, 0.25) is 0 Å². The Kier molecular flexibility index (Phi) is 7.33. The van der Waals surface area contributed by atoms with Crippen LogP contribution in [0.5, 0.6) is 0 Å². The van der Waals surface area contributed by atoms with Crippen molar-refractivity contribution >= 4 is 15.5 Å². The fourth-order valence-corrected chi connectivity index (χ4v) is 4.49. The minimum atomic E-state index is -2.96. The molecule has 0 N–H and O–H groups in total. The van der Waals surface area contributed by atoms with Crippen LogP contribution >= 0.6 is 0 Å².